The van der Waals surface area contributed by atoms with Crippen LogP contribution < -0.4 is 14.7 Å². The molecule has 7 nitrogen and oxygen atoms in total. The Labute approximate surface area is 212 Å². The summed E-state index contributed by atoms with van der Waals surface area (Å²) in [6.07, 6.45) is -1.02. The molecular formula is C28H21ClN2O5. The first-order valence-electron chi connectivity index (χ1n) is 11.4. The number of phenolic OH excluding ortho intramolecular Hbond substituents is 1. The summed E-state index contributed by atoms with van der Waals surface area (Å²) in [4.78, 5) is 35.1. The molecule has 1 N–H and O–H groups in total. The topological polar surface area (TPSA) is 79.3 Å². The van der Waals surface area contributed by atoms with Gasteiger partial charge in [-0.15, -0.1) is 0 Å². The van der Waals surface area contributed by atoms with Crippen molar-refractivity contribution < 1.29 is 24.3 Å². The van der Waals surface area contributed by atoms with Crippen molar-refractivity contribution >= 4 is 45.6 Å². The van der Waals surface area contributed by atoms with Gasteiger partial charge in [0.2, 0.25) is 5.91 Å². The molecule has 0 radical (unpaired) electrons. The number of halogens is 1. The van der Waals surface area contributed by atoms with E-state index in [-0.39, 0.29) is 17.4 Å². The summed E-state index contributed by atoms with van der Waals surface area (Å²) >= 11 is 6.09. The maximum absolute atomic E-state index is 14.0. The van der Waals surface area contributed by atoms with Crippen LogP contribution in [0.5, 0.6) is 11.5 Å². The lowest BCUT2D eigenvalue weighted by Crippen LogP contribution is -2.37. The van der Waals surface area contributed by atoms with Crippen LogP contribution in [0.1, 0.15) is 11.6 Å². The molecule has 3 unspecified atom stereocenters. The molecule has 2 heterocycles. The van der Waals surface area contributed by atoms with E-state index in [9.17, 15) is 14.7 Å². The summed E-state index contributed by atoms with van der Waals surface area (Å²) in [5.74, 6) is -1.36. The quantitative estimate of drug-likeness (QED) is 0.385. The zero-order chi connectivity index (χ0) is 25.0. The lowest BCUT2D eigenvalue weighted by molar-refractivity contribution is -0.126. The first kappa shape index (κ1) is 22.4. The van der Waals surface area contributed by atoms with Crippen molar-refractivity contribution in [3.63, 3.8) is 0 Å². The van der Waals surface area contributed by atoms with Gasteiger partial charge in [-0.2, -0.15) is 0 Å². The molecule has 180 valence electrons. The SMILES string of the molecule is COc1cc(C2C3C(=O)N(c4cccc5ccccc45)C(=O)C3ON2c2ccc(Cl)cc2)ccc1O. The van der Waals surface area contributed by atoms with E-state index in [1.165, 1.54) is 18.1 Å². The van der Waals surface area contributed by atoms with E-state index in [2.05, 4.69) is 0 Å². The normalized spacial score (nSPS) is 21.3. The van der Waals surface area contributed by atoms with Crippen molar-refractivity contribution in [1.29, 1.82) is 0 Å². The monoisotopic (exact) mass is 500 g/mol. The van der Waals surface area contributed by atoms with Gasteiger partial charge in [-0.05, 0) is 53.4 Å². The summed E-state index contributed by atoms with van der Waals surface area (Å²) in [5.41, 5.74) is 1.83. The van der Waals surface area contributed by atoms with E-state index in [1.54, 1.807) is 47.5 Å². The van der Waals surface area contributed by atoms with Crippen LogP contribution in [0.15, 0.2) is 84.9 Å². The highest BCUT2D eigenvalue weighted by molar-refractivity contribution is 6.30. The number of fused-ring (bicyclic) bond motifs is 2. The number of rotatable bonds is 4. The number of phenols is 1. The standard InChI is InChI=1S/C28H21ClN2O5/c1-35-23-15-17(9-14-22(23)32)25-24-26(36-31(25)19-12-10-18(29)11-13-19)28(34)30(27(24)33)21-8-4-6-16-5-2-3-7-20(16)21/h2-15,24-26,32H,1H3. The Balaban J connectivity index is 1.47. The first-order chi connectivity index (χ1) is 17.5. The lowest BCUT2D eigenvalue weighted by Gasteiger charge is -2.29. The minimum atomic E-state index is -1.02. The fourth-order valence-electron chi connectivity index (χ4n) is 5.08. The number of hydrogen-bond donors (Lipinski definition) is 1. The van der Waals surface area contributed by atoms with Crippen LogP contribution in [-0.4, -0.2) is 30.1 Å². The van der Waals surface area contributed by atoms with Crippen LogP contribution in [0.3, 0.4) is 0 Å². The molecule has 0 bridgehead atoms. The zero-order valence-corrected chi connectivity index (χ0v) is 19.9. The molecule has 0 aliphatic carbocycles. The number of hydrogen-bond acceptors (Lipinski definition) is 6. The van der Waals surface area contributed by atoms with Gasteiger partial charge in [0.25, 0.3) is 5.91 Å². The molecule has 2 fully saturated rings. The molecule has 3 atom stereocenters. The lowest BCUT2D eigenvalue weighted by atomic mass is 9.90. The highest BCUT2D eigenvalue weighted by atomic mass is 35.5. The maximum Gasteiger partial charge on any atom is 0.266 e. The van der Waals surface area contributed by atoms with Gasteiger partial charge in [-0.25, -0.2) is 9.96 Å². The first-order valence-corrected chi connectivity index (χ1v) is 11.8. The Hall–Kier alpha value is -4.07. The van der Waals surface area contributed by atoms with Crippen molar-refractivity contribution in [3.8, 4) is 11.5 Å². The fourth-order valence-corrected chi connectivity index (χ4v) is 5.21. The molecule has 2 saturated heterocycles. The van der Waals surface area contributed by atoms with E-state index in [0.29, 0.717) is 22.0 Å². The molecule has 0 saturated carbocycles. The van der Waals surface area contributed by atoms with E-state index < -0.39 is 24.0 Å². The summed E-state index contributed by atoms with van der Waals surface area (Å²) in [5, 5.41) is 14.0. The number of methoxy groups -OCH3 is 1. The predicted molar refractivity (Wildman–Crippen MR) is 136 cm³/mol. The minimum Gasteiger partial charge on any atom is -0.504 e. The smallest absolute Gasteiger partial charge is 0.266 e. The van der Waals surface area contributed by atoms with Gasteiger partial charge in [0.05, 0.1) is 24.5 Å². The maximum atomic E-state index is 14.0. The van der Waals surface area contributed by atoms with Gasteiger partial charge >= 0.3 is 0 Å². The Bertz CT molecular complexity index is 1500. The van der Waals surface area contributed by atoms with Crippen molar-refractivity contribution in [2.75, 3.05) is 17.1 Å². The summed E-state index contributed by atoms with van der Waals surface area (Å²) in [7, 11) is 1.45. The predicted octanol–water partition coefficient (Wildman–Crippen LogP) is 5.26. The van der Waals surface area contributed by atoms with Crippen molar-refractivity contribution in [1.82, 2.24) is 0 Å². The van der Waals surface area contributed by atoms with Crippen LogP contribution in [0.2, 0.25) is 5.02 Å². The van der Waals surface area contributed by atoms with Gasteiger partial charge in [0.1, 0.15) is 5.92 Å². The van der Waals surface area contributed by atoms with E-state index >= 15 is 0 Å². The molecule has 0 spiro atoms. The second kappa shape index (κ2) is 8.55. The second-order valence-corrected chi connectivity index (χ2v) is 9.18. The molecule has 6 rings (SSSR count). The summed E-state index contributed by atoms with van der Waals surface area (Å²) in [6.45, 7) is 0. The number of aromatic hydroxyl groups is 1. The van der Waals surface area contributed by atoms with Crippen molar-refractivity contribution in [2.24, 2.45) is 5.92 Å². The Kier molecular flexibility index (Phi) is 5.32. The molecular weight excluding hydrogens is 480 g/mol. The number of nitrogens with zero attached hydrogens (tertiary/aromatic N) is 2. The van der Waals surface area contributed by atoms with Gasteiger partial charge in [0.15, 0.2) is 17.6 Å². The van der Waals surface area contributed by atoms with Crippen LogP contribution in [0.25, 0.3) is 10.8 Å². The summed E-state index contributed by atoms with van der Waals surface area (Å²) in [6, 6.07) is 24.4. The number of carbonyl (C=O) groups is 2. The van der Waals surface area contributed by atoms with Gasteiger partial charge in [0, 0.05) is 10.4 Å². The number of hydroxylamine groups is 1. The van der Waals surface area contributed by atoms with Crippen molar-refractivity contribution in [3.05, 3.63) is 95.5 Å². The Morgan fingerprint density at radius 3 is 2.44 bits per heavy atom. The van der Waals surface area contributed by atoms with E-state index in [1.807, 2.05) is 36.4 Å². The molecule has 36 heavy (non-hydrogen) atoms. The number of imide groups is 1. The average Bonchev–Trinajstić information content (AvgIpc) is 3.40. The number of benzene rings is 4. The number of anilines is 2. The highest BCUT2D eigenvalue weighted by Gasteiger charge is 2.60. The minimum absolute atomic E-state index is 0.0269. The third-order valence-electron chi connectivity index (χ3n) is 6.75. The largest absolute Gasteiger partial charge is 0.504 e. The third kappa shape index (κ3) is 3.39. The van der Waals surface area contributed by atoms with Crippen molar-refractivity contribution in [2.45, 2.75) is 12.1 Å². The van der Waals surface area contributed by atoms with E-state index in [0.717, 1.165) is 10.8 Å². The summed E-state index contributed by atoms with van der Waals surface area (Å²) < 4.78 is 5.31. The average molecular weight is 501 g/mol. The molecule has 2 aliphatic rings. The van der Waals surface area contributed by atoms with Gasteiger partial charge < -0.3 is 9.84 Å². The number of carbonyl (C=O) groups excluding carboxylic acids is 2. The van der Waals surface area contributed by atoms with E-state index in [4.69, 9.17) is 21.2 Å². The Morgan fingerprint density at radius 1 is 0.917 bits per heavy atom. The molecule has 4 aromatic rings. The molecule has 4 aromatic carbocycles. The number of ether oxygens (including phenoxy) is 1. The van der Waals surface area contributed by atoms with Crippen LogP contribution in [0.4, 0.5) is 11.4 Å². The Morgan fingerprint density at radius 2 is 1.67 bits per heavy atom. The second-order valence-electron chi connectivity index (χ2n) is 8.74. The highest BCUT2D eigenvalue weighted by Crippen LogP contribution is 2.49. The third-order valence-corrected chi connectivity index (χ3v) is 7.00. The van der Waals surface area contributed by atoms with Crippen LogP contribution in [0, 0.1) is 5.92 Å². The number of amides is 2. The molecule has 8 heteroatoms. The van der Waals surface area contributed by atoms with Gasteiger partial charge in [-0.3, -0.25) is 14.4 Å². The zero-order valence-electron chi connectivity index (χ0n) is 19.2. The molecule has 2 aliphatic heterocycles. The fraction of sp³-hybridized carbons (Fsp3) is 0.143. The van der Waals surface area contributed by atoms with Gasteiger partial charge in [-0.1, -0.05) is 54.1 Å². The van der Waals surface area contributed by atoms with Crippen LogP contribution in [-0.2, 0) is 14.4 Å². The van der Waals surface area contributed by atoms with Crippen LogP contribution >= 0.6 is 11.6 Å². The molecule has 2 amide bonds. The molecule has 0 aromatic heterocycles.